The number of halogens is 2. The molecule has 1 saturated heterocycles. The number of ether oxygens (including phenoxy) is 1. The smallest absolute Gasteiger partial charge is 0.135 e. The summed E-state index contributed by atoms with van der Waals surface area (Å²) in [6.45, 7) is 3.41. The highest BCUT2D eigenvalue weighted by atomic mass is 19.1. The van der Waals surface area contributed by atoms with Gasteiger partial charge in [0.15, 0.2) is 0 Å². The molecule has 1 aliphatic heterocycles. The van der Waals surface area contributed by atoms with E-state index in [1.165, 1.54) is 18.3 Å². The molecule has 3 heterocycles. The molecule has 0 radical (unpaired) electrons. The lowest BCUT2D eigenvalue weighted by molar-refractivity contribution is 0.0677. The highest BCUT2D eigenvalue weighted by molar-refractivity contribution is 5.91. The zero-order valence-electron chi connectivity index (χ0n) is 18.2. The van der Waals surface area contributed by atoms with Crippen molar-refractivity contribution >= 4 is 23.1 Å². The Kier molecular flexibility index (Phi) is 5.72. The number of nitrogens with zero attached hydrogens (tertiary/aromatic N) is 5. The average Bonchev–Trinajstić information content (AvgIpc) is 3.63. The number of aryl methyl sites for hydroxylation is 1. The molecule has 0 bridgehead atoms. The minimum Gasteiger partial charge on any atom is -0.404 e. The maximum atomic E-state index is 14.7. The van der Waals surface area contributed by atoms with Gasteiger partial charge in [-0.2, -0.15) is 0 Å². The number of nitrogens with two attached hydrogens (primary N) is 1. The highest BCUT2D eigenvalue weighted by Gasteiger charge is 2.26. The number of aliphatic imine (C=N–C) groups is 1. The largest absolute Gasteiger partial charge is 0.404 e. The first kappa shape index (κ1) is 21.4. The molecule has 5 rings (SSSR count). The zero-order chi connectivity index (χ0) is 22.9. The van der Waals surface area contributed by atoms with E-state index in [0.29, 0.717) is 48.3 Å². The van der Waals surface area contributed by atoms with Crippen molar-refractivity contribution in [2.45, 2.75) is 31.9 Å². The molecule has 0 spiro atoms. The third kappa shape index (κ3) is 4.54. The molecule has 33 heavy (non-hydrogen) atoms. The van der Waals surface area contributed by atoms with Crippen LogP contribution in [0.2, 0.25) is 0 Å². The Bertz CT molecular complexity index is 1260. The van der Waals surface area contributed by atoms with Crippen molar-refractivity contribution in [2.75, 3.05) is 24.6 Å². The lowest BCUT2D eigenvalue weighted by Gasteiger charge is -2.34. The third-order valence-electron chi connectivity index (χ3n) is 5.76. The summed E-state index contributed by atoms with van der Waals surface area (Å²) in [7, 11) is 0. The number of fused-ring (bicyclic) bond motifs is 1. The Labute approximate surface area is 190 Å². The van der Waals surface area contributed by atoms with Gasteiger partial charge in [0.2, 0.25) is 0 Å². The van der Waals surface area contributed by atoms with Gasteiger partial charge in [-0.15, -0.1) is 0 Å². The molecule has 1 unspecified atom stereocenters. The summed E-state index contributed by atoms with van der Waals surface area (Å²) in [4.78, 5) is 20.3. The van der Waals surface area contributed by atoms with E-state index in [0.717, 1.165) is 30.2 Å². The molecule has 1 saturated carbocycles. The van der Waals surface area contributed by atoms with E-state index in [1.54, 1.807) is 12.4 Å². The van der Waals surface area contributed by atoms with Gasteiger partial charge < -0.3 is 15.4 Å². The van der Waals surface area contributed by atoms with Gasteiger partial charge in [0, 0.05) is 55.0 Å². The van der Waals surface area contributed by atoms with Crippen LogP contribution in [0.15, 0.2) is 47.2 Å². The van der Waals surface area contributed by atoms with E-state index in [4.69, 9.17) is 15.5 Å². The summed E-state index contributed by atoms with van der Waals surface area (Å²) in [5.74, 6) is -0.735. The Morgan fingerprint density at radius 3 is 2.85 bits per heavy atom. The predicted molar refractivity (Wildman–Crippen MR) is 123 cm³/mol. The number of rotatable bonds is 5. The fourth-order valence-corrected chi connectivity index (χ4v) is 3.84. The van der Waals surface area contributed by atoms with Crippen LogP contribution >= 0.6 is 0 Å². The second kappa shape index (κ2) is 8.82. The van der Waals surface area contributed by atoms with Crippen LogP contribution in [0.3, 0.4) is 0 Å². The molecule has 1 aliphatic carbocycles. The van der Waals surface area contributed by atoms with E-state index in [9.17, 15) is 8.78 Å². The second-order valence-electron chi connectivity index (χ2n) is 8.31. The number of benzene rings is 1. The van der Waals surface area contributed by atoms with E-state index >= 15 is 0 Å². The Balaban J connectivity index is 1.53. The first-order valence-electron chi connectivity index (χ1n) is 10.9. The quantitative estimate of drug-likeness (QED) is 0.598. The van der Waals surface area contributed by atoms with Crippen molar-refractivity contribution in [1.82, 2.24) is 15.0 Å². The van der Waals surface area contributed by atoms with Crippen LogP contribution in [0.25, 0.3) is 22.3 Å². The van der Waals surface area contributed by atoms with Gasteiger partial charge in [-0.1, -0.05) is 0 Å². The summed E-state index contributed by atoms with van der Waals surface area (Å²) < 4.78 is 34.2. The Morgan fingerprint density at radius 1 is 1.24 bits per heavy atom. The average molecular weight is 450 g/mol. The summed E-state index contributed by atoms with van der Waals surface area (Å²) in [5.41, 5.74) is 8.94. The van der Waals surface area contributed by atoms with Gasteiger partial charge in [0.05, 0.1) is 23.9 Å². The van der Waals surface area contributed by atoms with E-state index < -0.39 is 11.6 Å². The van der Waals surface area contributed by atoms with Crippen LogP contribution < -0.4 is 10.6 Å². The number of hydrogen-bond acceptors (Lipinski definition) is 7. The van der Waals surface area contributed by atoms with E-state index in [2.05, 4.69) is 19.9 Å². The van der Waals surface area contributed by atoms with Gasteiger partial charge in [-0.25, -0.2) is 18.7 Å². The van der Waals surface area contributed by atoms with Crippen LogP contribution in [0, 0.1) is 18.6 Å². The Morgan fingerprint density at radius 2 is 2.09 bits per heavy atom. The molecule has 1 atom stereocenters. The summed E-state index contributed by atoms with van der Waals surface area (Å²) in [5, 5.41) is 0. The van der Waals surface area contributed by atoms with Crippen molar-refractivity contribution in [3.8, 4) is 11.3 Å². The first-order valence-corrected chi connectivity index (χ1v) is 10.9. The first-order chi connectivity index (χ1) is 16.0. The molecule has 2 fully saturated rings. The SMILES string of the molecule is Cc1cnc2c(-c3ccc(F)cc3F)nc(N3CCOC(C(C=NC4CC4)=CN)C3)cc2n1. The van der Waals surface area contributed by atoms with E-state index in [-0.39, 0.29) is 11.7 Å². The van der Waals surface area contributed by atoms with Crippen molar-refractivity contribution in [3.05, 3.63) is 59.6 Å². The minimum atomic E-state index is -0.701. The number of pyridine rings is 1. The summed E-state index contributed by atoms with van der Waals surface area (Å²) in [6.07, 6.45) is 6.89. The van der Waals surface area contributed by atoms with Crippen molar-refractivity contribution in [1.29, 1.82) is 0 Å². The molecule has 170 valence electrons. The molecular weight excluding hydrogens is 426 g/mol. The lowest BCUT2D eigenvalue weighted by atomic mass is 10.1. The van der Waals surface area contributed by atoms with Crippen LogP contribution in [-0.4, -0.2) is 53.0 Å². The lowest BCUT2D eigenvalue weighted by Crippen LogP contribution is -2.44. The third-order valence-corrected chi connectivity index (χ3v) is 5.76. The van der Waals surface area contributed by atoms with Gasteiger partial charge in [0.25, 0.3) is 0 Å². The molecule has 9 heteroatoms. The van der Waals surface area contributed by atoms with Crippen LogP contribution in [0.5, 0.6) is 0 Å². The number of aromatic nitrogens is 3. The monoisotopic (exact) mass is 450 g/mol. The van der Waals surface area contributed by atoms with Crippen molar-refractivity contribution < 1.29 is 13.5 Å². The fraction of sp³-hybridized carbons (Fsp3) is 0.333. The van der Waals surface area contributed by atoms with Crippen LogP contribution in [0.4, 0.5) is 14.6 Å². The normalized spacial score (nSPS) is 19.5. The predicted octanol–water partition coefficient (Wildman–Crippen LogP) is 3.56. The maximum Gasteiger partial charge on any atom is 0.135 e. The maximum absolute atomic E-state index is 14.7. The molecule has 7 nitrogen and oxygen atoms in total. The number of morpholine rings is 1. The van der Waals surface area contributed by atoms with Crippen molar-refractivity contribution in [3.63, 3.8) is 0 Å². The van der Waals surface area contributed by atoms with Gasteiger partial charge in [-0.05, 0) is 31.9 Å². The van der Waals surface area contributed by atoms with Crippen molar-refractivity contribution in [2.24, 2.45) is 10.7 Å². The summed E-state index contributed by atoms with van der Waals surface area (Å²) in [6, 6.07) is 5.66. The van der Waals surface area contributed by atoms with Gasteiger partial charge in [-0.3, -0.25) is 9.98 Å². The molecule has 1 aromatic carbocycles. The summed E-state index contributed by atoms with van der Waals surface area (Å²) >= 11 is 0. The minimum absolute atomic E-state index is 0.172. The number of hydrogen-bond donors (Lipinski definition) is 1. The second-order valence-corrected chi connectivity index (χ2v) is 8.31. The molecule has 2 aliphatic rings. The van der Waals surface area contributed by atoms with Gasteiger partial charge in [0.1, 0.15) is 34.8 Å². The number of anilines is 1. The van der Waals surface area contributed by atoms with Crippen LogP contribution in [0.1, 0.15) is 18.5 Å². The highest BCUT2D eigenvalue weighted by Crippen LogP contribution is 2.31. The Hall–Kier alpha value is -3.46. The molecule has 2 N–H and O–H groups in total. The topological polar surface area (TPSA) is 89.5 Å². The van der Waals surface area contributed by atoms with E-state index in [1.807, 2.05) is 13.0 Å². The van der Waals surface area contributed by atoms with Gasteiger partial charge >= 0.3 is 0 Å². The molecular formula is C24H24F2N6O. The standard InChI is InChI=1S/C24H24F2N6O/c1-14-11-29-24-20(30-14)9-22(31-23(24)18-5-2-16(25)8-19(18)26)32-6-7-33-21(13-32)15(10-27)12-28-17-3-4-17/h2,5,8-12,17,21H,3-4,6-7,13,27H2,1H3. The van der Waals surface area contributed by atoms with Crippen LogP contribution in [-0.2, 0) is 4.74 Å². The zero-order valence-corrected chi connectivity index (χ0v) is 18.2. The molecule has 0 amide bonds. The molecule has 3 aromatic rings. The molecule has 2 aromatic heterocycles. The fourth-order valence-electron chi connectivity index (χ4n) is 3.84.